The summed E-state index contributed by atoms with van der Waals surface area (Å²) in [5, 5.41) is 0. The number of fused-ring (bicyclic) bond motifs is 1. The highest BCUT2D eigenvalue weighted by atomic mass is 19.4. The third-order valence-corrected chi connectivity index (χ3v) is 7.31. The topological polar surface area (TPSA) is 44.6 Å². The Hall–Kier alpha value is -2.46. The molecule has 2 unspecified atom stereocenters. The van der Waals surface area contributed by atoms with E-state index in [2.05, 4.69) is 21.8 Å². The summed E-state index contributed by atoms with van der Waals surface area (Å²) >= 11 is 0. The van der Waals surface area contributed by atoms with Crippen molar-refractivity contribution in [2.24, 2.45) is 24.8 Å². The summed E-state index contributed by atoms with van der Waals surface area (Å²) < 4.78 is 55.0. The molecule has 2 aliphatic heterocycles. The number of carbonyl (C=O) groups is 1. The van der Waals surface area contributed by atoms with E-state index >= 15 is 0 Å². The molecule has 2 atom stereocenters. The molecule has 5 rings (SSSR count). The molecule has 1 aliphatic carbocycles. The van der Waals surface area contributed by atoms with Crippen LogP contribution in [-0.4, -0.2) is 76.0 Å². The van der Waals surface area contributed by atoms with E-state index in [1.165, 1.54) is 12.4 Å². The number of benzene rings is 1. The average molecular weight is 465 g/mol. The Morgan fingerprint density at radius 3 is 2.42 bits per heavy atom. The van der Waals surface area contributed by atoms with E-state index in [1.54, 1.807) is 22.7 Å². The number of imidazole rings is 1. The van der Waals surface area contributed by atoms with Gasteiger partial charge in [-0.15, -0.1) is 0 Å². The Morgan fingerprint density at radius 1 is 1.15 bits per heavy atom. The second kappa shape index (κ2) is 8.09. The molecular formula is C23H27F4N5O. The molecule has 0 bridgehead atoms. The number of hydrogen-bond acceptors (Lipinski definition) is 4. The van der Waals surface area contributed by atoms with Crippen molar-refractivity contribution in [2.45, 2.75) is 18.8 Å². The molecule has 0 radical (unpaired) electrons. The maximum absolute atomic E-state index is 13.7. The van der Waals surface area contributed by atoms with Crippen molar-refractivity contribution in [3.63, 3.8) is 0 Å². The van der Waals surface area contributed by atoms with E-state index in [9.17, 15) is 22.4 Å². The van der Waals surface area contributed by atoms with E-state index in [0.29, 0.717) is 30.3 Å². The van der Waals surface area contributed by atoms with Gasteiger partial charge in [-0.2, -0.15) is 13.2 Å². The third kappa shape index (κ3) is 4.38. The first-order valence-electron chi connectivity index (χ1n) is 11.2. The van der Waals surface area contributed by atoms with Crippen LogP contribution < -0.4 is 0 Å². The lowest BCUT2D eigenvalue weighted by Gasteiger charge is -2.43. The van der Waals surface area contributed by atoms with Gasteiger partial charge in [0.05, 0.1) is 11.9 Å². The number of carbonyl (C=O) groups excluding carboxylic acids is 1. The first kappa shape index (κ1) is 22.3. The van der Waals surface area contributed by atoms with Crippen molar-refractivity contribution in [1.82, 2.24) is 24.3 Å². The number of piperidine rings is 1. The lowest BCUT2D eigenvalue weighted by molar-refractivity contribution is -0.140. The van der Waals surface area contributed by atoms with Crippen LogP contribution in [0.5, 0.6) is 0 Å². The number of aryl methyl sites for hydroxylation is 1. The van der Waals surface area contributed by atoms with Gasteiger partial charge in [-0.05, 0) is 42.5 Å². The van der Waals surface area contributed by atoms with Gasteiger partial charge < -0.3 is 14.4 Å². The number of hydrogen-bond donors (Lipinski definition) is 0. The predicted octanol–water partition coefficient (Wildman–Crippen LogP) is 2.71. The maximum Gasteiger partial charge on any atom is 0.419 e. The summed E-state index contributed by atoms with van der Waals surface area (Å²) in [4.78, 5) is 23.7. The second-order valence-electron chi connectivity index (χ2n) is 9.74. The number of nitrogens with zero attached hydrogens (tertiary/aromatic N) is 5. The van der Waals surface area contributed by atoms with Gasteiger partial charge in [-0.1, -0.05) is 6.07 Å². The lowest BCUT2D eigenvalue weighted by atomic mass is 10.1. The minimum Gasteiger partial charge on any atom is -0.340 e. The summed E-state index contributed by atoms with van der Waals surface area (Å²) in [7, 11) is 3.86. The molecule has 6 nitrogen and oxygen atoms in total. The molecule has 178 valence electrons. The predicted molar refractivity (Wildman–Crippen MR) is 113 cm³/mol. The van der Waals surface area contributed by atoms with Gasteiger partial charge in [-0.25, -0.2) is 9.37 Å². The fourth-order valence-corrected chi connectivity index (χ4v) is 5.42. The average Bonchev–Trinajstić information content (AvgIpc) is 3.08. The van der Waals surface area contributed by atoms with Crippen molar-refractivity contribution in [1.29, 1.82) is 0 Å². The Morgan fingerprint density at radius 2 is 1.85 bits per heavy atom. The molecule has 2 aromatic rings. The van der Waals surface area contributed by atoms with Gasteiger partial charge in [0.1, 0.15) is 11.5 Å². The van der Waals surface area contributed by atoms with Crippen molar-refractivity contribution in [2.75, 3.05) is 39.8 Å². The van der Waals surface area contributed by atoms with E-state index in [1.807, 2.05) is 0 Å². The molecule has 0 N–H and O–H groups in total. The van der Waals surface area contributed by atoms with Gasteiger partial charge >= 0.3 is 6.18 Å². The van der Waals surface area contributed by atoms with Crippen LogP contribution in [0.15, 0.2) is 30.7 Å². The van der Waals surface area contributed by atoms with Crippen molar-refractivity contribution in [3.8, 4) is 0 Å². The zero-order valence-corrected chi connectivity index (χ0v) is 18.6. The molecule has 1 aromatic carbocycles. The summed E-state index contributed by atoms with van der Waals surface area (Å²) in [5.41, 5.74) is -0.812. The molecule has 3 heterocycles. The van der Waals surface area contributed by atoms with Gasteiger partial charge in [0, 0.05) is 58.6 Å². The maximum atomic E-state index is 13.7. The van der Waals surface area contributed by atoms with Crippen molar-refractivity contribution >= 4 is 5.91 Å². The number of likely N-dealkylation sites (N-methyl/N-ethyl adjacent to an activating group) is 1. The van der Waals surface area contributed by atoms with Crippen LogP contribution in [0.1, 0.15) is 21.6 Å². The highest BCUT2D eigenvalue weighted by molar-refractivity contribution is 5.92. The van der Waals surface area contributed by atoms with E-state index < -0.39 is 17.6 Å². The first-order chi connectivity index (χ1) is 15.6. The minimum absolute atomic E-state index is 0.0220. The van der Waals surface area contributed by atoms with Gasteiger partial charge in [0.15, 0.2) is 0 Å². The highest BCUT2D eigenvalue weighted by Gasteiger charge is 2.57. The number of amides is 1. The standard InChI is InChI=1S/C23H27F4N5O/c1-29-7-15(8-29)31-9-16-17(10-31)18(16)11-32(22(33)21-12-30(2)13-28-21)6-14-3-4-20(24)19(5-14)23(25,26)27/h3-5,12-13,15-18H,6-11H2,1-2H3. The molecular weight excluding hydrogens is 438 g/mol. The summed E-state index contributed by atoms with van der Waals surface area (Å²) in [6.07, 6.45) is -1.67. The van der Waals surface area contributed by atoms with Crippen LogP contribution in [0.2, 0.25) is 0 Å². The summed E-state index contributed by atoms with van der Waals surface area (Å²) in [5.74, 6) is -0.291. The largest absolute Gasteiger partial charge is 0.419 e. The van der Waals surface area contributed by atoms with Crippen LogP contribution in [0, 0.1) is 23.6 Å². The Bertz CT molecular complexity index is 1040. The summed E-state index contributed by atoms with van der Waals surface area (Å²) in [6.45, 7) is 4.62. The molecule has 3 aliphatic rings. The molecule has 33 heavy (non-hydrogen) atoms. The van der Waals surface area contributed by atoms with Crippen LogP contribution >= 0.6 is 0 Å². The normalized spacial score (nSPS) is 25.7. The third-order valence-electron chi connectivity index (χ3n) is 7.31. The zero-order chi connectivity index (χ0) is 23.5. The summed E-state index contributed by atoms with van der Waals surface area (Å²) in [6, 6.07) is 3.54. The van der Waals surface area contributed by atoms with Crippen LogP contribution in [0.4, 0.5) is 17.6 Å². The number of rotatable bonds is 6. The Balaban J connectivity index is 1.31. The quantitative estimate of drug-likeness (QED) is 0.616. The molecule has 0 spiro atoms. The molecule has 2 saturated heterocycles. The van der Waals surface area contributed by atoms with Gasteiger partial charge in [0.25, 0.3) is 5.91 Å². The SMILES string of the molecule is CN1CC(N2CC3C(CN(Cc4ccc(F)c(C(F)(F)F)c4)C(=O)c4cn(C)cn4)C3C2)C1. The minimum atomic E-state index is -4.79. The fourth-order valence-electron chi connectivity index (χ4n) is 5.42. The number of halogens is 4. The highest BCUT2D eigenvalue weighted by Crippen LogP contribution is 2.53. The number of alkyl halides is 3. The molecule has 1 saturated carbocycles. The van der Waals surface area contributed by atoms with Gasteiger partial charge in [-0.3, -0.25) is 9.69 Å². The van der Waals surface area contributed by atoms with Crippen LogP contribution in [0.3, 0.4) is 0 Å². The van der Waals surface area contributed by atoms with E-state index in [0.717, 1.165) is 38.3 Å². The van der Waals surface area contributed by atoms with Crippen molar-refractivity contribution in [3.05, 3.63) is 53.4 Å². The number of aromatic nitrogens is 2. The first-order valence-corrected chi connectivity index (χ1v) is 11.2. The van der Waals surface area contributed by atoms with E-state index in [-0.39, 0.29) is 23.7 Å². The molecule has 1 aromatic heterocycles. The second-order valence-corrected chi connectivity index (χ2v) is 9.74. The lowest BCUT2D eigenvalue weighted by Crippen LogP contribution is -2.57. The fraction of sp³-hybridized carbons (Fsp3) is 0.565. The van der Waals surface area contributed by atoms with Crippen molar-refractivity contribution < 1.29 is 22.4 Å². The van der Waals surface area contributed by atoms with Crippen LogP contribution in [-0.2, 0) is 19.8 Å². The van der Waals surface area contributed by atoms with Crippen LogP contribution in [0.25, 0.3) is 0 Å². The van der Waals surface area contributed by atoms with Gasteiger partial charge in [0.2, 0.25) is 0 Å². The smallest absolute Gasteiger partial charge is 0.340 e. The molecule has 1 amide bonds. The monoisotopic (exact) mass is 465 g/mol. The number of likely N-dealkylation sites (tertiary alicyclic amines) is 2. The zero-order valence-electron chi connectivity index (χ0n) is 18.6. The molecule has 3 fully saturated rings. The molecule has 10 heteroatoms. The van der Waals surface area contributed by atoms with E-state index in [4.69, 9.17) is 0 Å². The Labute approximate surface area is 189 Å². The Kier molecular flexibility index (Phi) is 5.48.